The molecule has 1 aromatic carbocycles. The van der Waals surface area contributed by atoms with Gasteiger partial charge in [-0.15, -0.1) is 0 Å². The van der Waals surface area contributed by atoms with Crippen molar-refractivity contribution in [2.45, 2.75) is 18.9 Å². The molecule has 1 aromatic heterocycles. The van der Waals surface area contributed by atoms with Gasteiger partial charge in [0.1, 0.15) is 5.71 Å². The second-order valence-electron chi connectivity index (χ2n) is 6.46. The van der Waals surface area contributed by atoms with E-state index < -0.39 is 0 Å². The summed E-state index contributed by atoms with van der Waals surface area (Å²) in [7, 11) is 0. The Morgan fingerprint density at radius 2 is 2.17 bits per heavy atom. The van der Waals surface area contributed by atoms with Gasteiger partial charge < -0.3 is 9.88 Å². The van der Waals surface area contributed by atoms with Gasteiger partial charge in [0, 0.05) is 35.2 Å². The van der Waals surface area contributed by atoms with Crippen LogP contribution in [-0.2, 0) is 0 Å². The highest BCUT2D eigenvalue weighted by Gasteiger charge is 2.25. The van der Waals surface area contributed by atoms with Crippen LogP contribution in [0, 0.1) is 0 Å². The van der Waals surface area contributed by atoms with Gasteiger partial charge in [-0.25, -0.2) is 9.98 Å². The molecule has 3 heterocycles. The van der Waals surface area contributed by atoms with E-state index in [9.17, 15) is 0 Å². The number of imidazole rings is 1. The Hall–Kier alpha value is -1.98. The van der Waals surface area contributed by atoms with Crippen LogP contribution in [0.5, 0.6) is 0 Å². The van der Waals surface area contributed by atoms with Crippen molar-refractivity contribution in [3.8, 4) is 0 Å². The summed E-state index contributed by atoms with van der Waals surface area (Å²) in [4.78, 5) is 9.57. The van der Waals surface area contributed by atoms with Gasteiger partial charge in [0.2, 0.25) is 0 Å². The number of halogens is 1. The van der Waals surface area contributed by atoms with Crippen molar-refractivity contribution >= 4 is 33.4 Å². The van der Waals surface area contributed by atoms with E-state index in [4.69, 9.17) is 4.99 Å². The van der Waals surface area contributed by atoms with Crippen LogP contribution in [0.4, 0.5) is 0 Å². The third kappa shape index (κ3) is 2.23. The number of benzene rings is 1. The Kier molecular flexibility index (Phi) is 3.31. The molecule has 4 nitrogen and oxygen atoms in total. The summed E-state index contributed by atoms with van der Waals surface area (Å²) in [6, 6.07) is 6.94. The van der Waals surface area contributed by atoms with E-state index in [1.54, 1.807) is 0 Å². The number of hydrogen-bond donors (Lipinski definition) is 1. The van der Waals surface area contributed by atoms with Crippen molar-refractivity contribution < 1.29 is 0 Å². The first-order valence-corrected chi connectivity index (χ1v) is 9.12. The Balaban J connectivity index is 1.68. The molecule has 0 unspecified atom stereocenters. The van der Waals surface area contributed by atoms with Crippen molar-refractivity contribution in [2.24, 2.45) is 4.99 Å². The van der Waals surface area contributed by atoms with Crippen LogP contribution >= 0.6 is 15.9 Å². The monoisotopic (exact) mass is 380 g/mol. The van der Waals surface area contributed by atoms with Crippen LogP contribution in [0.3, 0.4) is 0 Å². The quantitative estimate of drug-likeness (QED) is 0.864. The number of fused-ring (bicyclic) bond motifs is 2. The molecule has 1 saturated heterocycles. The highest BCUT2D eigenvalue weighted by molar-refractivity contribution is 9.10. The summed E-state index contributed by atoms with van der Waals surface area (Å²) in [6.07, 6.45) is 10.6. The van der Waals surface area contributed by atoms with E-state index in [1.807, 2.05) is 6.20 Å². The molecule has 3 aliphatic rings. The first-order valence-electron chi connectivity index (χ1n) is 8.33. The Labute approximate surface area is 148 Å². The predicted molar refractivity (Wildman–Crippen MR) is 99.3 cm³/mol. The van der Waals surface area contributed by atoms with Gasteiger partial charge in [0.15, 0.2) is 5.82 Å². The van der Waals surface area contributed by atoms with E-state index in [1.165, 1.54) is 16.0 Å². The van der Waals surface area contributed by atoms with Gasteiger partial charge in [-0.05, 0) is 41.8 Å². The second kappa shape index (κ2) is 5.53. The molecule has 0 spiro atoms. The second-order valence-corrected chi connectivity index (χ2v) is 7.38. The molecular formula is C19H17BrN4. The predicted octanol–water partition coefficient (Wildman–Crippen LogP) is 1.90. The standard InChI is InChI=1S/C19H17BrN4/c20-14-4-5-16-12(8-14)2-1-3-13-9-17(23-18(13)16)19-22-6-7-24(19)15-10-21-11-15/h2,4-9,15,21H,1,3,10-11H2. The molecule has 0 saturated carbocycles. The van der Waals surface area contributed by atoms with E-state index in [2.05, 4.69) is 67.3 Å². The fourth-order valence-electron chi connectivity index (χ4n) is 3.57. The lowest BCUT2D eigenvalue weighted by Crippen LogP contribution is -2.44. The zero-order valence-electron chi connectivity index (χ0n) is 13.2. The molecule has 5 heteroatoms. The molecule has 1 N–H and O–H groups in total. The van der Waals surface area contributed by atoms with Crippen molar-refractivity contribution in [2.75, 3.05) is 13.1 Å². The SMILES string of the molecule is Brc1ccc2c(c1)=CCCC1=CC(c3nccn3C3CNC3)=NC=21. The third-order valence-electron chi connectivity index (χ3n) is 4.95. The van der Waals surface area contributed by atoms with E-state index in [0.717, 1.165) is 47.6 Å². The number of aromatic nitrogens is 2. The van der Waals surface area contributed by atoms with Crippen LogP contribution < -0.4 is 15.8 Å². The maximum absolute atomic E-state index is 4.99. The maximum Gasteiger partial charge on any atom is 0.159 e. The van der Waals surface area contributed by atoms with Gasteiger partial charge in [0.25, 0.3) is 0 Å². The van der Waals surface area contributed by atoms with Gasteiger partial charge in [-0.2, -0.15) is 0 Å². The molecular weight excluding hydrogens is 364 g/mol. The highest BCUT2D eigenvalue weighted by Crippen LogP contribution is 2.28. The van der Waals surface area contributed by atoms with Gasteiger partial charge in [0.05, 0.1) is 11.7 Å². The number of aliphatic imine (C=N–C) groups is 1. The Morgan fingerprint density at radius 1 is 1.25 bits per heavy atom. The topological polar surface area (TPSA) is 42.2 Å². The average Bonchev–Trinajstić information content (AvgIpc) is 3.10. The first-order chi connectivity index (χ1) is 11.8. The van der Waals surface area contributed by atoms with Gasteiger partial charge in [-0.3, -0.25) is 0 Å². The first kappa shape index (κ1) is 14.4. The average molecular weight is 381 g/mol. The largest absolute Gasteiger partial charge is 0.324 e. The fraction of sp³-hybridized carbons (Fsp3) is 0.263. The lowest BCUT2D eigenvalue weighted by molar-refractivity contribution is 0.342. The molecule has 5 rings (SSSR count). The fourth-order valence-corrected chi connectivity index (χ4v) is 3.95. The van der Waals surface area contributed by atoms with Crippen LogP contribution in [0.15, 0.2) is 51.7 Å². The molecule has 1 fully saturated rings. The van der Waals surface area contributed by atoms with Gasteiger partial charge in [-0.1, -0.05) is 28.1 Å². The molecule has 0 amide bonds. The minimum absolute atomic E-state index is 0.496. The number of rotatable bonds is 2. The smallest absolute Gasteiger partial charge is 0.159 e. The Morgan fingerprint density at radius 3 is 3.00 bits per heavy atom. The summed E-state index contributed by atoms with van der Waals surface area (Å²) in [5.74, 6) is 0.984. The molecule has 1 aliphatic carbocycles. The minimum Gasteiger partial charge on any atom is -0.324 e. The summed E-state index contributed by atoms with van der Waals surface area (Å²) in [5, 5.41) is 5.81. The third-order valence-corrected chi connectivity index (χ3v) is 5.44. The number of hydrogen-bond acceptors (Lipinski definition) is 3. The minimum atomic E-state index is 0.496. The number of allylic oxidation sites excluding steroid dienone is 1. The highest BCUT2D eigenvalue weighted by atomic mass is 79.9. The zero-order chi connectivity index (χ0) is 16.1. The zero-order valence-corrected chi connectivity index (χ0v) is 14.8. The van der Waals surface area contributed by atoms with E-state index in [0.29, 0.717) is 6.04 Å². The lowest BCUT2D eigenvalue weighted by Gasteiger charge is -2.29. The summed E-state index contributed by atoms with van der Waals surface area (Å²) < 4.78 is 3.37. The van der Waals surface area contributed by atoms with E-state index >= 15 is 0 Å². The number of nitrogens with one attached hydrogen (secondary N) is 1. The lowest BCUT2D eigenvalue weighted by atomic mass is 10.1. The van der Waals surface area contributed by atoms with Crippen LogP contribution in [0.1, 0.15) is 24.7 Å². The molecule has 2 aromatic rings. The summed E-state index contributed by atoms with van der Waals surface area (Å²) >= 11 is 3.57. The Bertz CT molecular complexity index is 1010. The van der Waals surface area contributed by atoms with Crippen LogP contribution in [0.25, 0.3) is 11.8 Å². The maximum atomic E-state index is 4.99. The molecule has 24 heavy (non-hydrogen) atoms. The normalized spacial score (nSPS) is 19.6. The van der Waals surface area contributed by atoms with Crippen molar-refractivity contribution in [1.29, 1.82) is 0 Å². The molecule has 0 radical (unpaired) electrons. The van der Waals surface area contributed by atoms with Crippen LogP contribution in [0.2, 0.25) is 0 Å². The van der Waals surface area contributed by atoms with Crippen molar-refractivity contribution in [3.05, 3.63) is 63.0 Å². The molecule has 2 aliphatic heterocycles. The summed E-state index contributed by atoms with van der Waals surface area (Å²) in [6.45, 7) is 2.02. The number of nitrogens with zero attached hydrogens (tertiary/aromatic N) is 3. The van der Waals surface area contributed by atoms with Crippen LogP contribution in [-0.4, -0.2) is 28.4 Å². The molecule has 0 atom stereocenters. The van der Waals surface area contributed by atoms with Gasteiger partial charge >= 0.3 is 0 Å². The molecule has 120 valence electrons. The van der Waals surface area contributed by atoms with E-state index in [-0.39, 0.29) is 0 Å². The van der Waals surface area contributed by atoms with Crippen molar-refractivity contribution in [3.63, 3.8) is 0 Å². The summed E-state index contributed by atoms with van der Waals surface area (Å²) in [5.41, 5.74) is 3.43. The van der Waals surface area contributed by atoms with Crippen molar-refractivity contribution in [1.82, 2.24) is 14.9 Å². The molecule has 0 bridgehead atoms.